The van der Waals surface area contributed by atoms with E-state index in [0.29, 0.717) is 36.5 Å². The standard InChI is InChI=1S/C23H29N5O4/c1-23(2,3)32-22(30)27-11-9-16(10-12-27)19-24-13-18-20(25-19)26-28(21(18)29)14-15-5-7-17(31-4)8-6-15/h5-8,13,16,29H,9-12,14H2,1-4H3. The average molecular weight is 440 g/mol. The number of hydrogen-bond donors (Lipinski definition) is 1. The summed E-state index contributed by atoms with van der Waals surface area (Å²) in [7, 11) is 1.62. The summed E-state index contributed by atoms with van der Waals surface area (Å²) < 4.78 is 12.2. The summed E-state index contributed by atoms with van der Waals surface area (Å²) >= 11 is 0. The molecule has 0 aliphatic carbocycles. The number of ether oxygens (including phenoxy) is 2. The van der Waals surface area contributed by atoms with Crippen molar-refractivity contribution in [3.05, 3.63) is 41.9 Å². The monoisotopic (exact) mass is 439 g/mol. The molecule has 3 heterocycles. The van der Waals surface area contributed by atoms with Crippen LogP contribution in [0.25, 0.3) is 11.0 Å². The Labute approximate surface area is 187 Å². The molecule has 0 bridgehead atoms. The number of piperidine rings is 1. The summed E-state index contributed by atoms with van der Waals surface area (Å²) in [5.74, 6) is 1.64. The van der Waals surface area contributed by atoms with Gasteiger partial charge in [-0.15, -0.1) is 5.10 Å². The van der Waals surface area contributed by atoms with E-state index < -0.39 is 5.60 Å². The molecule has 0 radical (unpaired) electrons. The minimum absolute atomic E-state index is 0.0436. The van der Waals surface area contributed by atoms with Crippen molar-refractivity contribution < 1.29 is 19.4 Å². The minimum Gasteiger partial charge on any atom is -0.497 e. The number of methoxy groups -OCH3 is 1. The van der Waals surface area contributed by atoms with Gasteiger partial charge < -0.3 is 19.5 Å². The molecule has 0 spiro atoms. The molecule has 0 saturated carbocycles. The lowest BCUT2D eigenvalue weighted by molar-refractivity contribution is 0.0203. The van der Waals surface area contributed by atoms with E-state index in [1.54, 1.807) is 18.2 Å². The highest BCUT2D eigenvalue weighted by Crippen LogP contribution is 2.29. The van der Waals surface area contributed by atoms with Crippen molar-refractivity contribution in [3.8, 4) is 11.6 Å². The second kappa shape index (κ2) is 8.64. The van der Waals surface area contributed by atoms with Crippen LogP contribution in [0.15, 0.2) is 30.5 Å². The average Bonchev–Trinajstić information content (AvgIpc) is 3.08. The Morgan fingerprint density at radius 3 is 2.50 bits per heavy atom. The molecule has 170 valence electrons. The van der Waals surface area contributed by atoms with Gasteiger partial charge in [0, 0.05) is 25.2 Å². The number of fused-ring (bicyclic) bond motifs is 1. The molecule has 1 N–H and O–H groups in total. The van der Waals surface area contributed by atoms with Crippen molar-refractivity contribution in [2.24, 2.45) is 0 Å². The fraction of sp³-hybridized carbons (Fsp3) is 0.478. The Kier molecular flexibility index (Phi) is 5.90. The van der Waals surface area contributed by atoms with Gasteiger partial charge in [-0.05, 0) is 51.3 Å². The van der Waals surface area contributed by atoms with Crippen molar-refractivity contribution in [1.82, 2.24) is 24.6 Å². The lowest BCUT2D eigenvalue weighted by Gasteiger charge is -2.32. The van der Waals surface area contributed by atoms with Crippen molar-refractivity contribution in [3.63, 3.8) is 0 Å². The third kappa shape index (κ3) is 4.76. The van der Waals surface area contributed by atoms with Crippen molar-refractivity contribution in [1.29, 1.82) is 0 Å². The molecule has 32 heavy (non-hydrogen) atoms. The summed E-state index contributed by atoms with van der Waals surface area (Å²) in [5, 5.41) is 15.6. The second-order valence-corrected chi connectivity index (χ2v) is 9.04. The maximum Gasteiger partial charge on any atom is 0.410 e. The number of aromatic nitrogens is 4. The van der Waals surface area contributed by atoms with Crippen LogP contribution < -0.4 is 4.74 Å². The van der Waals surface area contributed by atoms with E-state index in [0.717, 1.165) is 24.2 Å². The molecular weight excluding hydrogens is 410 g/mol. The number of amides is 1. The van der Waals surface area contributed by atoms with Crippen LogP contribution in [0.5, 0.6) is 11.6 Å². The summed E-state index contributed by atoms with van der Waals surface area (Å²) in [6.07, 6.45) is 2.85. The minimum atomic E-state index is -0.505. The summed E-state index contributed by atoms with van der Waals surface area (Å²) in [4.78, 5) is 23.1. The molecule has 2 aromatic heterocycles. The van der Waals surface area contributed by atoms with Crippen molar-refractivity contribution >= 4 is 17.1 Å². The lowest BCUT2D eigenvalue weighted by atomic mass is 9.96. The molecule has 0 atom stereocenters. The molecule has 1 aliphatic heterocycles. The fourth-order valence-electron chi connectivity index (χ4n) is 3.78. The zero-order chi connectivity index (χ0) is 22.9. The highest BCUT2D eigenvalue weighted by atomic mass is 16.6. The van der Waals surface area contributed by atoms with Crippen LogP contribution in [-0.2, 0) is 11.3 Å². The molecule has 1 aromatic carbocycles. The third-order valence-corrected chi connectivity index (χ3v) is 5.49. The molecule has 4 rings (SSSR count). The number of nitrogens with zero attached hydrogens (tertiary/aromatic N) is 5. The molecule has 1 amide bonds. The zero-order valence-corrected chi connectivity index (χ0v) is 18.9. The predicted molar refractivity (Wildman–Crippen MR) is 119 cm³/mol. The van der Waals surface area contributed by atoms with E-state index >= 15 is 0 Å². The van der Waals surface area contributed by atoms with Crippen LogP contribution in [0, 0.1) is 0 Å². The number of rotatable bonds is 4. The van der Waals surface area contributed by atoms with E-state index in [9.17, 15) is 9.90 Å². The first kappa shape index (κ1) is 21.9. The topological polar surface area (TPSA) is 103 Å². The molecule has 1 aliphatic rings. The molecule has 9 nitrogen and oxygen atoms in total. The highest BCUT2D eigenvalue weighted by Gasteiger charge is 2.29. The zero-order valence-electron chi connectivity index (χ0n) is 18.9. The van der Waals surface area contributed by atoms with Gasteiger partial charge in [-0.25, -0.2) is 19.4 Å². The lowest BCUT2D eigenvalue weighted by Crippen LogP contribution is -2.41. The predicted octanol–water partition coefficient (Wildman–Crippen LogP) is 3.70. The summed E-state index contributed by atoms with van der Waals surface area (Å²) in [6, 6.07) is 7.61. The Bertz CT molecular complexity index is 1100. The number of benzene rings is 1. The Morgan fingerprint density at radius 1 is 1.19 bits per heavy atom. The maximum absolute atomic E-state index is 12.3. The first-order valence-electron chi connectivity index (χ1n) is 10.8. The molecule has 9 heteroatoms. The van der Waals surface area contributed by atoms with Gasteiger partial charge in [0.15, 0.2) is 5.65 Å². The van der Waals surface area contributed by atoms with Crippen molar-refractivity contribution in [2.75, 3.05) is 20.2 Å². The Morgan fingerprint density at radius 2 is 1.88 bits per heavy atom. The van der Waals surface area contributed by atoms with Crippen LogP contribution in [0.3, 0.4) is 0 Å². The van der Waals surface area contributed by atoms with Gasteiger partial charge in [0.2, 0.25) is 5.88 Å². The summed E-state index contributed by atoms with van der Waals surface area (Å²) in [6.45, 7) is 7.20. The van der Waals surface area contributed by atoms with Gasteiger partial charge in [0.1, 0.15) is 22.6 Å². The summed E-state index contributed by atoms with van der Waals surface area (Å²) in [5.41, 5.74) is 0.946. The quantitative estimate of drug-likeness (QED) is 0.661. The SMILES string of the molecule is COc1ccc(Cn2nc3nc(C4CCN(C(=O)OC(C)(C)C)CC4)ncc3c2O)cc1. The van der Waals surface area contributed by atoms with Gasteiger partial charge in [-0.2, -0.15) is 0 Å². The van der Waals surface area contributed by atoms with Gasteiger partial charge in [-0.3, -0.25) is 0 Å². The van der Waals surface area contributed by atoms with E-state index in [4.69, 9.17) is 9.47 Å². The van der Waals surface area contributed by atoms with E-state index in [1.165, 1.54) is 4.68 Å². The Balaban J connectivity index is 1.45. The smallest absolute Gasteiger partial charge is 0.410 e. The van der Waals surface area contributed by atoms with Crippen LogP contribution >= 0.6 is 0 Å². The normalized spacial score (nSPS) is 15.2. The maximum atomic E-state index is 12.3. The first-order chi connectivity index (χ1) is 15.2. The van der Waals surface area contributed by atoms with Gasteiger partial charge >= 0.3 is 6.09 Å². The van der Waals surface area contributed by atoms with E-state index in [2.05, 4.69) is 15.1 Å². The van der Waals surface area contributed by atoms with Gasteiger partial charge in [0.25, 0.3) is 0 Å². The van der Waals surface area contributed by atoms with Gasteiger partial charge in [0.05, 0.1) is 13.7 Å². The molecule has 1 fully saturated rings. The van der Waals surface area contributed by atoms with Crippen molar-refractivity contribution in [2.45, 2.75) is 51.7 Å². The number of carbonyl (C=O) groups is 1. The molecule has 0 unspecified atom stereocenters. The number of aromatic hydroxyl groups is 1. The molecular formula is C23H29N5O4. The van der Waals surface area contributed by atoms with Crippen LogP contribution in [0.4, 0.5) is 4.79 Å². The van der Waals surface area contributed by atoms with Crippen LogP contribution in [-0.4, -0.2) is 61.6 Å². The van der Waals surface area contributed by atoms with E-state index in [-0.39, 0.29) is 17.9 Å². The third-order valence-electron chi connectivity index (χ3n) is 5.49. The number of likely N-dealkylation sites (tertiary alicyclic amines) is 1. The number of carbonyl (C=O) groups excluding carboxylic acids is 1. The first-order valence-corrected chi connectivity index (χ1v) is 10.8. The fourth-order valence-corrected chi connectivity index (χ4v) is 3.78. The Hall–Kier alpha value is -3.36. The second-order valence-electron chi connectivity index (χ2n) is 9.04. The van der Waals surface area contributed by atoms with Crippen LogP contribution in [0.1, 0.15) is 50.9 Å². The van der Waals surface area contributed by atoms with E-state index in [1.807, 2.05) is 45.0 Å². The van der Waals surface area contributed by atoms with Crippen LogP contribution in [0.2, 0.25) is 0 Å². The van der Waals surface area contributed by atoms with Gasteiger partial charge in [-0.1, -0.05) is 12.1 Å². The largest absolute Gasteiger partial charge is 0.497 e. The molecule has 3 aromatic rings. The number of hydrogen-bond acceptors (Lipinski definition) is 7. The highest BCUT2D eigenvalue weighted by molar-refractivity contribution is 5.79. The molecule has 1 saturated heterocycles.